The van der Waals surface area contributed by atoms with E-state index in [1.807, 2.05) is 13.0 Å². The molecule has 1 atom stereocenters. The first-order valence-corrected chi connectivity index (χ1v) is 5.54. The highest BCUT2D eigenvalue weighted by atomic mass is 16.5. The minimum atomic E-state index is -0.186. The Kier molecular flexibility index (Phi) is 2.97. The zero-order valence-electron chi connectivity index (χ0n) is 9.96. The lowest BCUT2D eigenvalue weighted by Crippen LogP contribution is -2.18. The van der Waals surface area contributed by atoms with Crippen LogP contribution in [0.5, 0.6) is 5.75 Å². The smallest absolute Gasteiger partial charge is 0.155 e. The summed E-state index contributed by atoms with van der Waals surface area (Å²) in [5, 5.41) is 3.21. The number of methoxy groups -OCH3 is 1. The molecular weight excluding hydrogens is 202 g/mol. The molecule has 3 nitrogen and oxygen atoms in total. The second kappa shape index (κ2) is 4.26. The standard InChI is InChI=1S/C13H17NO2/c1-8-6-10(12(16-3)7-9(8)2)13-11(15)4-5-14-13/h6-7,13-14H,4-5H2,1-3H3. The molecule has 16 heavy (non-hydrogen) atoms. The van der Waals surface area contributed by atoms with Gasteiger partial charge in [-0.15, -0.1) is 0 Å². The highest BCUT2D eigenvalue weighted by Gasteiger charge is 2.28. The minimum absolute atomic E-state index is 0.186. The van der Waals surface area contributed by atoms with E-state index in [9.17, 15) is 4.79 Å². The van der Waals surface area contributed by atoms with Gasteiger partial charge < -0.3 is 10.1 Å². The van der Waals surface area contributed by atoms with Gasteiger partial charge in [0.05, 0.1) is 13.2 Å². The van der Waals surface area contributed by atoms with Gasteiger partial charge in [0.25, 0.3) is 0 Å². The van der Waals surface area contributed by atoms with Crippen LogP contribution in [0.15, 0.2) is 12.1 Å². The molecule has 86 valence electrons. The summed E-state index contributed by atoms with van der Waals surface area (Å²) in [6, 6.07) is 3.86. The first kappa shape index (κ1) is 11.1. The number of carbonyl (C=O) groups is 1. The fraction of sp³-hybridized carbons (Fsp3) is 0.462. The van der Waals surface area contributed by atoms with E-state index in [-0.39, 0.29) is 11.8 Å². The van der Waals surface area contributed by atoms with Crippen molar-refractivity contribution in [1.82, 2.24) is 5.32 Å². The van der Waals surface area contributed by atoms with Crippen LogP contribution in [0.25, 0.3) is 0 Å². The average molecular weight is 219 g/mol. The third kappa shape index (κ3) is 1.83. The normalized spacial score (nSPS) is 20.2. The van der Waals surface area contributed by atoms with E-state index in [4.69, 9.17) is 4.74 Å². The summed E-state index contributed by atoms with van der Waals surface area (Å²) in [6.07, 6.45) is 0.612. The average Bonchev–Trinajstić information content (AvgIpc) is 2.68. The number of carbonyl (C=O) groups excluding carboxylic acids is 1. The molecule has 1 N–H and O–H groups in total. The molecule has 1 aromatic carbocycles. The van der Waals surface area contributed by atoms with Gasteiger partial charge in [-0.3, -0.25) is 4.79 Å². The summed E-state index contributed by atoms with van der Waals surface area (Å²) < 4.78 is 5.35. The molecule has 0 spiro atoms. The predicted octanol–water partition coefficient (Wildman–Crippen LogP) is 1.92. The molecule has 1 unspecified atom stereocenters. The van der Waals surface area contributed by atoms with Crippen LogP contribution in [-0.4, -0.2) is 19.4 Å². The molecule has 1 saturated heterocycles. The van der Waals surface area contributed by atoms with E-state index in [1.165, 1.54) is 11.1 Å². The van der Waals surface area contributed by atoms with Gasteiger partial charge in [-0.2, -0.15) is 0 Å². The van der Waals surface area contributed by atoms with Crippen molar-refractivity contribution in [3.63, 3.8) is 0 Å². The van der Waals surface area contributed by atoms with Crippen molar-refractivity contribution in [2.75, 3.05) is 13.7 Å². The summed E-state index contributed by atoms with van der Waals surface area (Å²) >= 11 is 0. The quantitative estimate of drug-likeness (QED) is 0.825. The van der Waals surface area contributed by atoms with Crippen LogP contribution in [0, 0.1) is 13.8 Å². The molecule has 1 fully saturated rings. The lowest BCUT2D eigenvalue weighted by molar-refractivity contribution is -0.118. The molecule has 1 aromatic rings. The van der Waals surface area contributed by atoms with Gasteiger partial charge >= 0.3 is 0 Å². The molecule has 0 aliphatic carbocycles. The number of ketones is 1. The van der Waals surface area contributed by atoms with Crippen LogP contribution < -0.4 is 10.1 Å². The summed E-state index contributed by atoms with van der Waals surface area (Å²) in [4.78, 5) is 11.7. The van der Waals surface area contributed by atoms with Crippen molar-refractivity contribution in [3.05, 3.63) is 28.8 Å². The molecular formula is C13H17NO2. The first-order chi connectivity index (χ1) is 7.63. The van der Waals surface area contributed by atoms with Gasteiger partial charge in [-0.05, 0) is 31.0 Å². The number of hydrogen-bond donors (Lipinski definition) is 1. The fourth-order valence-electron chi connectivity index (χ4n) is 2.10. The second-order valence-corrected chi connectivity index (χ2v) is 4.28. The van der Waals surface area contributed by atoms with Crippen LogP contribution in [0.1, 0.15) is 29.2 Å². The number of nitrogens with one attached hydrogen (secondary N) is 1. The number of Topliss-reactive ketones (excluding diaryl/α,β-unsaturated/α-hetero) is 1. The maximum atomic E-state index is 11.7. The van der Waals surface area contributed by atoms with Crippen LogP contribution in [0.3, 0.4) is 0 Å². The van der Waals surface area contributed by atoms with Gasteiger partial charge in [0.15, 0.2) is 5.78 Å². The van der Waals surface area contributed by atoms with Crippen LogP contribution in [-0.2, 0) is 4.79 Å². The second-order valence-electron chi connectivity index (χ2n) is 4.28. The van der Waals surface area contributed by atoms with Crippen molar-refractivity contribution >= 4 is 5.78 Å². The lowest BCUT2D eigenvalue weighted by atomic mass is 9.98. The highest BCUT2D eigenvalue weighted by molar-refractivity contribution is 5.88. The lowest BCUT2D eigenvalue weighted by Gasteiger charge is -2.16. The number of hydrogen-bond acceptors (Lipinski definition) is 3. The van der Waals surface area contributed by atoms with Gasteiger partial charge in [0, 0.05) is 18.5 Å². The van der Waals surface area contributed by atoms with E-state index < -0.39 is 0 Å². The number of aryl methyl sites for hydroxylation is 2. The minimum Gasteiger partial charge on any atom is -0.496 e. The Hall–Kier alpha value is -1.35. The molecule has 1 heterocycles. The molecule has 0 amide bonds. The summed E-state index contributed by atoms with van der Waals surface area (Å²) in [7, 11) is 1.65. The largest absolute Gasteiger partial charge is 0.496 e. The fourth-order valence-corrected chi connectivity index (χ4v) is 2.10. The SMILES string of the molecule is COc1cc(C)c(C)cc1C1NCCC1=O. The Morgan fingerprint density at radius 2 is 2.00 bits per heavy atom. The van der Waals surface area contributed by atoms with Crippen molar-refractivity contribution in [3.8, 4) is 5.75 Å². The number of benzene rings is 1. The van der Waals surface area contributed by atoms with Crippen LogP contribution in [0.4, 0.5) is 0 Å². The molecule has 1 aliphatic heterocycles. The van der Waals surface area contributed by atoms with Crippen molar-refractivity contribution in [1.29, 1.82) is 0 Å². The first-order valence-electron chi connectivity index (χ1n) is 5.54. The maximum Gasteiger partial charge on any atom is 0.155 e. The van der Waals surface area contributed by atoms with Crippen molar-refractivity contribution in [2.45, 2.75) is 26.3 Å². The monoisotopic (exact) mass is 219 g/mol. The maximum absolute atomic E-state index is 11.7. The Balaban J connectivity index is 2.46. The Morgan fingerprint density at radius 3 is 2.56 bits per heavy atom. The molecule has 0 saturated carbocycles. The van der Waals surface area contributed by atoms with Crippen LogP contribution >= 0.6 is 0 Å². The molecule has 0 bridgehead atoms. The summed E-state index contributed by atoms with van der Waals surface area (Å²) in [5.41, 5.74) is 3.34. The highest BCUT2D eigenvalue weighted by Crippen LogP contribution is 2.31. The topological polar surface area (TPSA) is 38.3 Å². The van der Waals surface area contributed by atoms with Gasteiger partial charge in [-0.25, -0.2) is 0 Å². The predicted molar refractivity (Wildman–Crippen MR) is 62.8 cm³/mol. The van der Waals surface area contributed by atoms with Crippen molar-refractivity contribution in [2.24, 2.45) is 0 Å². The molecule has 1 aliphatic rings. The van der Waals surface area contributed by atoms with E-state index in [1.54, 1.807) is 7.11 Å². The summed E-state index contributed by atoms with van der Waals surface area (Å²) in [6.45, 7) is 4.86. The molecule has 0 aromatic heterocycles. The van der Waals surface area contributed by atoms with Gasteiger partial charge in [0.1, 0.15) is 5.75 Å². The molecule has 0 radical (unpaired) electrons. The van der Waals surface area contributed by atoms with E-state index in [0.29, 0.717) is 6.42 Å². The van der Waals surface area contributed by atoms with Crippen molar-refractivity contribution < 1.29 is 9.53 Å². The number of rotatable bonds is 2. The third-order valence-electron chi connectivity index (χ3n) is 3.20. The Morgan fingerprint density at radius 1 is 1.31 bits per heavy atom. The Bertz CT molecular complexity index is 426. The summed E-state index contributed by atoms with van der Waals surface area (Å²) in [5.74, 6) is 1.05. The zero-order chi connectivity index (χ0) is 11.7. The zero-order valence-corrected chi connectivity index (χ0v) is 9.96. The van der Waals surface area contributed by atoms with E-state index >= 15 is 0 Å². The van der Waals surface area contributed by atoms with E-state index in [0.717, 1.165) is 17.9 Å². The Labute approximate surface area is 95.8 Å². The molecule has 3 heteroatoms. The molecule has 2 rings (SSSR count). The number of ether oxygens (including phenoxy) is 1. The van der Waals surface area contributed by atoms with E-state index in [2.05, 4.69) is 18.3 Å². The van der Waals surface area contributed by atoms with Gasteiger partial charge in [0.2, 0.25) is 0 Å². The van der Waals surface area contributed by atoms with Crippen LogP contribution in [0.2, 0.25) is 0 Å². The van der Waals surface area contributed by atoms with Gasteiger partial charge in [-0.1, -0.05) is 6.07 Å². The third-order valence-corrected chi connectivity index (χ3v) is 3.20.